The summed E-state index contributed by atoms with van der Waals surface area (Å²) in [5.74, 6) is 1.20. The van der Waals surface area contributed by atoms with Crippen LogP contribution in [0.3, 0.4) is 0 Å². The van der Waals surface area contributed by atoms with Crippen LogP contribution in [0.2, 0.25) is 0 Å². The quantitative estimate of drug-likeness (QED) is 0.262. The Labute approximate surface area is 293 Å². The monoisotopic (exact) mass is 687 g/mol. The molecule has 3 aromatic rings. The standard InChI is InChI=1S/C37H49N7O6/c1-23-29(22-45)44-21-31(23)49-33-27(41-26-15-14-25(20-28(26)42-33)48-19-18-40-35-38-16-9-17-39-35)12-7-5-6-10-24-11-8-13-30(24)50-36(47)43-32(34(44)46)37(2,3)4/h9,14-17,20,22-24,29-32H,5-8,10-13,18-19,21H2,1-4H3,(H,43,47)(H,38,39,40)/t23-,24+,29+,30+,31-,32+/m0/s1. The van der Waals surface area contributed by atoms with Crippen LogP contribution in [0.1, 0.15) is 78.3 Å². The second kappa shape index (κ2) is 15.6. The summed E-state index contributed by atoms with van der Waals surface area (Å²) in [6.07, 6.45) is 10.3. The van der Waals surface area contributed by atoms with Gasteiger partial charge in [-0.15, -0.1) is 0 Å². The van der Waals surface area contributed by atoms with Crippen LogP contribution >= 0.6 is 0 Å². The van der Waals surface area contributed by atoms with Crippen LogP contribution in [0.15, 0.2) is 36.7 Å². The molecule has 2 bridgehead atoms. The number of hydrogen-bond acceptors (Lipinski definition) is 11. The molecule has 2 fully saturated rings. The predicted molar refractivity (Wildman–Crippen MR) is 187 cm³/mol. The van der Waals surface area contributed by atoms with Crippen molar-refractivity contribution in [1.82, 2.24) is 30.2 Å². The Balaban J connectivity index is 1.26. The number of carbonyl (C=O) groups is 3. The number of aldehydes is 1. The number of rotatable bonds is 6. The molecule has 2 amide bonds. The molecule has 6 rings (SSSR count). The Morgan fingerprint density at radius 1 is 1.00 bits per heavy atom. The van der Waals surface area contributed by atoms with Gasteiger partial charge in [-0.1, -0.05) is 40.5 Å². The van der Waals surface area contributed by atoms with Crippen LogP contribution in [0.5, 0.6) is 11.6 Å². The number of nitrogens with one attached hydrogen (secondary N) is 2. The van der Waals surface area contributed by atoms with E-state index in [1.165, 1.54) is 4.90 Å². The highest BCUT2D eigenvalue weighted by Crippen LogP contribution is 2.35. The first-order valence-electron chi connectivity index (χ1n) is 17.9. The Hall–Kier alpha value is -4.55. The number of alkyl carbamates (subject to hydrolysis) is 1. The predicted octanol–water partition coefficient (Wildman–Crippen LogP) is 5.13. The molecule has 0 spiro atoms. The zero-order valence-corrected chi connectivity index (χ0v) is 29.5. The molecule has 2 aliphatic heterocycles. The van der Waals surface area contributed by atoms with Crippen LogP contribution in [0.4, 0.5) is 10.7 Å². The van der Waals surface area contributed by atoms with Crippen molar-refractivity contribution >= 4 is 35.3 Å². The molecule has 4 heterocycles. The first-order chi connectivity index (χ1) is 24.1. The third-order valence-corrected chi connectivity index (χ3v) is 10.1. The fraction of sp³-hybridized carbons (Fsp3) is 0.595. The lowest BCUT2D eigenvalue weighted by Gasteiger charge is -2.35. The van der Waals surface area contributed by atoms with E-state index in [-0.39, 0.29) is 24.5 Å². The molecule has 1 saturated heterocycles. The second-order valence-corrected chi connectivity index (χ2v) is 14.8. The molecule has 2 N–H and O–H groups in total. The number of aromatic nitrogens is 4. The van der Waals surface area contributed by atoms with Crippen molar-refractivity contribution in [2.75, 3.05) is 25.0 Å². The van der Waals surface area contributed by atoms with Gasteiger partial charge in [-0.25, -0.2) is 24.7 Å². The summed E-state index contributed by atoms with van der Waals surface area (Å²) in [5, 5.41) is 6.01. The minimum absolute atomic E-state index is 0.165. The molecule has 1 saturated carbocycles. The van der Waals surface area contributed by atoms with Crippen LogP contribution in [0, 0.1) is 17.3 Å². The normalized spacial score (nSPS) is 26.4. The van der Waals surface area contributed by atoms with Gasteiger partial charge in [0, 0.05) is 24.4 Å². The number of ether oxygens (including phenoxy) is 3. The van der Waals surface area contributed by atoms with Gasteiger partial charge in [0.15, 0.2) is 0 Å². The van der Waals surface area contributed by atoms with Gasteiger partial charge in [-0.2, -0.15) is 0 Å². The lowest BCUT2D eigenvalue weighted by molar-refractivity contribution is -0.139. The van der Waals surface area contributed by atoms with Gasteiger partial charge in [0.2, 0.25) is 17.7 Å². The van der Waals surface area contributed by atoms with Gasteiger partial charge in [-0.05, 0) is 68.1 Å². The van der Waals surface area contributed by atoms with E-state index in [9.17, 15) is 14.4 Å². The zero-order valence-electron chi connectivity index (χ0n) is 29.5. The third-order valence-electron chi connectivity index (χ3n) is 10.1. The molecule has 268 valence electrons. The van der Waals surface area contributed by atoms with Crippen molar-refractivity contribution in [3.05, 3.63) is 42.4 Å². The number of nitrogens with zero attached hydrogens (tertiary/aromatic N) is 5. The Kier molecular flexibility index (Phi) is 11.0. The maximum absolute atomic E-state index is 14.2. The van der Waals surface area contributed by atoms with E-state index < -0.39 is 29.7 Å². The van der Waals surface area contributed by atoms with E-state index in [0.29, 0.717) is 48.6 Å². The smallest absolute Gasteiger partial charge is 0.408 e. The molecule has 13 heteroatoms. The Morgan fingerprint density at radius 3 is 2.58 bits per heavy atom. The number of anilines is 1. The second-order valence-electron chi connectivity index (χ2n) is 14.8. The molecule has 50 heavy (non-hydrogen) atoms. The van der Waals surface area contributed by atoms with Gasteiger partial charge in [-0.3, -0.25) is 4.79 Å². The molecular formula is C37H49N7O6. The van der Waals surface area contributed by atoms with Crippen LogP contribution in [-0.4, -0.2) is 87.1 Å². The SMILES string of the molecule is C[C@@H]1[C@@H]2CN(C(=O)[C@H](C(C)(C)C)NC(=O)O[C@@H]3CCC[C@H]3CCCCCc3nc4ccc(OCCNc5ncccn5)cc4nc3O2)[C@@H]1C=O. The number of aryl methyl sites for hydroxylation is 1. The summed E-state index contributed by atoms with van der Waals surface area (Å²) in [4.78, 5) is 59.7. The Bertz CT molecular complexity index is 1650. The van der Waals surface area contributed by atoms with E-state index >= 15 is 0 Å². The summed E-state index contributed by atoms with van der Waals surface area (Å²) in [6, 6.07) is 5.76. The van der Waals surface area contributed by atoms with Crippen LogP contribution < -0.4 is 20.1 Å². The number of benzene rings is 1. The van der Waals surface area contributed by atoms with E-state index in [1.54, 1.807) is 18.5 Å². The fourth-order valence-corrected chi connectivity index (χ4v) is 7.30. The van der Waals surface area contributed by atoms with Gasteiger partial charge in [0.05, 0.1) is 30.2 Å². The third kappa shape index (κ3) is 8.24. The summed E-state index contributed by atoms with van der Waals surface area (Å²) < 4.78 is 18.5. The van der Waals surface area contributed by atoms with Gasteiger partial charge >= 0.3 is 6.09 Å². The first-order valence-corrected chi connectivity index (χ1v) is 17.9. The van der Waals surface area contributed by atoms with Gasteiger partial charge in [0.25, 0.3) is 0 Å². The highest BCUT2D eigenvalue weighted by Gasteiger charge is 2.47. The average molecular weight is 688 g/mol. The molecule has 2 aromatic heterocycles. The van der Waals surface area contributed by atoms with Gasteiger partial charge in [0.1, 0.15) is 42.6 Å². The summed E-state index contributed by atoms with van der Waals surface area (Å²) >= 11 is 0. The van der Waals surface area contributed by atoms with Crippen molar-refractivity contribution in [3.8, 4) is 11.6 Å². The van der Waals surface area contributed by atoms with Crippen molar-refractivity contribution in [3.63, 3.8) is 0 Å². The number of hydrogen-bond donors (Lipinski definition) is 2. The van der Waals surface area contributed by atoms with E-state index in [0.717, 1.165) is 62.4 Å². The van der Waals surface area contributed by atoms with Crippen molar-refractivity contribution in [2.24, 2.45) is 17.3 Å². The largest absolute Gasteiger partial charge is 0.492 e. The number of carbonyl (C=O) groups excluding carboxylic acids is 3. The first kappa shape index (κ1) is 35.3. The molecular weight excluding hydrogens is 638 g/mol. The van der Waals surface area contributed by atoms with E-state index in [1.807, 2.05) is 45.9 Å². The topological polar surface area (TPSA) is 158 Å². The molecule has 0 unspecified atom stereocenters. The minimum atomic E-state index is -0.896. The van der Waals surface area contributed by atoms with Crippen molar-refractivity contribution in [1.29, 1.82) is 0 Å². The van der Waals surface area contributed by atoms with E-state index in [2.05, 4.69) is 20.6 Å². The van der Waals surface area contributed by atoms with Gasteiger partial charge < -0.3 is 34.5 Å². The van der Waals surface area contributed by atoms with E-state index in [4.69, 9.17) is 24.2 Å². The molecule has 1 aromatic carbocycles. The summed E-state index contributed by atoms with van der Waals surface area (Å²) in [5.41, 5.74) is 1.47. The molecule has 0 radical (unpaired) electrons. The minimum Gasteiger partial charge on any atom is -0.492 e. The average Bonchev–Trinajstić information content (AvgIpc) is 3.67. The molecule has 3 aliphatic rings. The summed E-state index contributed by atoms with van der Waals surface area (Å²) in [6.45, 7) is 8.66. The lowest BCUT2D eigenvalue weighted by Crippen LogP contribution is -2.56. The maximum Gasteiger partial charge on any atom is 0.408 e. The highest BCUT2D eigenvalue weighted by atomic mass is 16.6. The number of amides is 2. The highest BCUT2D eigenvalue weighted by molar-refractivity contribution is 5.89. The van der Waals surface area contributed by atoms with Crippen LogP contribution in [0.25, 0.3) is 11.0 Å². The summed E-state index contributed by atoms with van der Waals surface area (Å²) in [7, 11) is 0. The fourth-order valence-electron chi connectivity index (χ4n) is 7.30. The zero-order chi connectivity index (χ0) is 35.3. The van der Waals surface area contributed by atoms with Crippen molar-refractivity contribution < 1.29 is 28.6 Å². The van der Waals surface area contributed by atoms with Crippen molar-refractivity contribution in [2.45, 2.75) is 103 Å². The Morgan fingerprint density at radius 2 is 1.80 bits per heavy atom. The molecule has 6 atom stereocenters. The molecule has 13 nitrogen and oxygen atoms in total. The maximum atomic E-state index is 14.2. The molecule has 1 aliphatic carbocycles. The lowest BCUT2D eigenvalue weighted by atomic mass is 9.85. The number of fused-ring (bicyclic) bond motifs is 5. The van der Waals surface area contributed by atoms with Crippen LogP contribution in [-0.2, 0) is 20.7 Å².